The van der Waals surface area contributed by atoms with E-state index < -0.39 is 60.0 Å². The number of aliphatic hydroxyl groups is 6. The lowest BCUT2D eigenvalue weighted by Crippen LogP contribution is -2.67. The zero-order valence-electron chi connectivity index (χ0n) is 22.9. The SMILES string of the molecule is C[C@]12CC[C@@H](O[C@@H]3O[C@H](CO)[C@@H](O)[C@H](O)[C@H]3O)C[C@@]1(O)CC[C@@H]1[C@@H]2CC[C@]2(C)[C@@H](C3=CC(=O)OC3)CC[C@]12O. The topological polar surface area (TPSA) is 166 Å². The number of ether oxygens (including phenoxy) is 3. The van der Waals surface area contributed by atoms with Gasteiger partial charge in [-0.3, -0.25) is 0 Å². The highest BCUT2D eigenvalue weighted by Crippen LogP contribution is 2.70. The van der Waals surface area contributed by atoms with Gasteiger partial charge in [-0.25, -0.2) is 4.79 Å². The highest BCUT2D eigenvalue weighted by Gasteiger charge is 2.70. The summed E-state index contributed by atoms with van der Waals surface area (Å²) in [6.45, 7) is 4.12. The molecule has 6 rings (SSSR count). The third-order valence-electron chi connectivity index (χ3n) is 12.3. The van der Waals surface area contributed by atoms with Crippen molar-refractivity contribution >= 4 is 5.97 Å². The van der Waals surface area contributed by atoms with Crippen LogP contribution in [0.5, 0.6) is 0 Å². The van der Waals surface area contributed by atoms with Gasteiger partial charge >= 0.3 is 5.97 Å². The minimum Gasteiger partial charge on any atom is -0.458 e. The molecule has 0 aromatic carbocycles. The fraction of sp³-hybridized carbons (Fsp3) is 0.897. The van der Waals surface area contributed by atoms with Crippen molar-refractivity contribution in [2.24, 2.45) is 28.6 Å². The van der Waals surface area contributed by atoms with Crippen molar-refractivity contribution in [1.29, 1.82) is 0 Å². The third-order valence-corrected chi connectivity index (χ3v) is 12.3. The number of cyclic esters (lactones) is 1. The molecule has 0 radical (unpaired) electrons. The zero-order chi connectivity index (χ0) is 28.0. The second-order valence-electron chi connectivity index (χ2n) is 13.7. The number of hydrogen-bond acceptors (Lipinski definition) is 10. The van der Waals surface area contributed by atoms with Crippen molar-refractivity contribution in [3.05, 3.63) is 11.6 Å². The summed E-state index contributed by atoms with van der Waals surface area (Å²) in [6.07, 6.45) is 0.543. The lowest BCUT2D eigenvalue weighted by molar-refractivity contribution is -0.324. The molecule has 4 aliphatic carbocycles. The molecule has 39 heavy (non-hydrogen) atoms. The van der Waals surface area contributed by atoms with Crippen molar-refractivity contribution in [3.63, 3.8) is 0 Å². The average molecular weight is 553 g/mol. The summed E-state index contributed by atoms with van der Waals surface area (Å²) in [6, 6.07) is 0. The molecule has 5 fully saturated rings. The maximum Gasteiger partial charge on any atom is 0.331 e. The molecule has 13 atom stereocenters. The number of rotatable bonds is 4. The molecule has 10 heteroatoms. The Bertz CT molecular complexity index is 1020. The maximum atomic E-state index is 12.4. The Morgan fingerprint density at radius 2 is 1.64 bits per heavy atom. The van der Waals surface area contributed by atoms with Crippen molar-refractivity contribution < 1.29 is 49.6 Å². The lowest BCUT2D eigenvalue weighted by Gasteiger charge is -2.66. The molecule has 0 spiro atoms. The standard InChI is InChI=1S/C29H44O10/c1-26-7-3-16(38-25-24(34)23(33)22(32)20(13-30)39-25)12-28(26,35)9-5-19-18(26)4-8-27(2)17(6-10-29(19,27)36)15-11-21(31)37-14-15/h11,16-20,22-25,30,32-36H,3-10,12-14H2,1-2H3/t16-,17-,18+,19-,20-,22-,23+,24-,25-,26-,27-,28+,29+/m1/s1. The van der Waals surface area contributed by atoms with Crippen LogP contribution in [-0.2, 0) is 19.0 Å². The van der Waals surface area contributed by atoms with Gasteiger partial charge in [-0.1, -0.05) is 13.8 Å². The van der Waals surface area contributed by atoms with Gasteiger partial charge in [-0.2, -0.15) is 0 Å². The molecule has 1 saturated heterocycles. The highest BCUT2D eigenvalue weighted by atomic mass is 16.7. The second kappa shape index (κ2) is 9.46. The van der Waals surface area contributed by atoms with Crippen LogP contribution in [0.4, 0.5) is 0 Å². The Labute approximate surface area is 229 Å². The van der Waals surface area contributed by atoms with E-state index in [4.69, 9.17) is 14.2 Å². The molecule has 0 aromatic heterocycles. The van der Waals surface area contributed by atoms with Gasteiger partial charge in [0.1, 0.15) is 31.0 Å². The average Bonchev–Trinajstić information content (AvgIpc) is 3.44. The van der Waals surface area contributed by atoms with Gasteiger partial charge in [-0.15, -0.1) is 0 Å². The first-order valence-corrected chi connectivity index (χ1v) is 14.6. The number of hydrogen-bond donors (Lipinski definition) is 6. The van der Waals surface area contributed by atoms with Crippen LogP contribution in [0.3, 0.4) is 0 Å². The molecule has 4 saturated carbocycles. The molecule has 6 aliphatic rings. The number of fused-ring (bicyclic) bond motifs is 5. The molecule has 0 bridgehead atoms. The van der Waals surface area contributed by atoms with Crippen LogP contribution in [-0.4, -0.2) is 97.8 Å². The maximum absolute atomic E-state index is 12.4. The van der Waals surface area contributed by atoms with E-state index in [1.807, 2.05) is 0 Å². The summed E-state index contributed by atoms with van der Waals surface area (Å²) in [4.78, 5) is 11.8. The molecule has 6 N–H and O–H groups in total. The molecule has 0 unspecified atom stereocenters. The summed E-state index contributed by atoms with van der Waals surface area (Å²) < 4.78 is 16.8. The van der Waals surface area contributed by atoms with Gasteiger partial charge in [-0.05, 0) is 80.1 Å². The Morgan fingerprint density at radius 1 is 0.923 bits per heavy atom. The summed E-state index contributed by atoms with van der Waals surface area (Å²) >= 11 is 0. The van der Waals surface area contributed by atoms with Gasteiger partial charge in [0.05, 0.1) is 23.9 Å². The molecule has 0 amide bonds. The summed E-state index contributed by atoms with van der Waals surface area (Å²) in [5.74, 6) is 0.00615. The molecule has 0 aromatic rings. The van der Waals surface area contributed by atoms with Crippen molar-refractivity contribution in [1.82, 2.24) is 0 Å². The van der Waals surface area contributed by atoms with E-state index in [-0.39, 0.29) is 29.1 Å². The third kappa shape index (κ3) is 3.93. The van der Waals surface area contributed by atoms with E-state index in [9.17, 15) is 35.4 Å². The minimum absolute atomic E-state index is 0.0491. The number of carbonyl (C=O) groups is 1. The van der Waals surface area contributed by atoms with Gasteiger partial charge in [0.15, 0.2) is 6.29 Å². The van der Waals surface area contributed by atoms with Crippen LogP contribution in [0, 0.1) is 28.6 Å². The van der Waals surface area contributed by atoms with E-state index in [1.165, 1.54) is 0 Å². The van der Waals surface area contributed by atoms with Gasteiger partial charge in [0, 0.05) is 17.9 Å². The van der Waals surface area contributed by atoms with Crippen LogP contribution >= 0.6 is 0 Å². The molecule has 2 aliphatic heterocycles. The molecule has 220 valence electrons. The summed E-state index contributed by atoms with van der Waals surface area (Å²) in [7, 11) is 0. The molecular weight excluding hydrogens is 508 g/mol. The van der Waals surface area contributed by atoms with Crippen LogP contribution < -0.4 is 0 Å². The molecule has 2 heterocycles. The quantitative estimate of drug-likeness (QED) is 0.214. The molecular formula is C29H44O10. The van der Waals surface area contributed by atoms with E-state index >= 15 is 0 Å². The monoisotopic (exact) mass is 552 g/mol. The first kappa shape index (κ1) is 28.0. The Hall–Kier alpha value is -1.11. The van der Waals surface area contributed by atoms with Gasteiger partial charge < -0.3 is 44.8 Å². The van der Waals surface area contributed by atoms with Crippen molar-refractivity contribution in [2.75, 3.05) is 13.2 Å². The fourth-order valence-corrected chi connectivity index (χ4v) is 9.85. The number of carbonyl (C=O) groups excluding carboxylic acids is 1. The summed E-state index contributed by atoms with van der Waals surface area (Å²) in [5, 5.41) is 64.7. The smallest absolute Gasteiger partial charge is 0.331 e. The Kier molecular flexibility index (Phi) is 6.80. The Balaban J connectivity index is 1.19. The van der Waals surface area contributed by atoms with E-state index in [0.717, 1.165) is 24.8 Å². The van der Waals surface area contributed by atoms with Crippen LogP contribution in [0.2, 0.25) is 0 Å². The zero-order valence-corrected chi connectivity index (χ0v) is 22.9. The first-order valence-electron chi connectivity index (χ1n) is 14.6. The van der Waals surface area contributed by atoms with Crippen molar-refractivity contribution in [3.8, 4) is 0 Å². The predicted molar refractivity (Wildman–Crippen MR) is 136 cm³/mol. The summed E-state index contributed by atoms with van der Waals surface area (Å²) in [5.41, 5.74) is -1.67. The van der Waals surface area contributed by atoms with Crippen LogP contribution in [0.15, 0.2) is 11.6 Å². The van der Waals surface area contributed by atoms with Crippen LogP contribution in [0.25, 0.3) is 0 Å². The fourth-order valence-electron chi connectivity index (χ4n) is 9.85. The number of aliphatic hydroxyl groups excluding tert-OH is 4. The van der Waals surface area contributed by atoms with Crippen LogP contribution in [0.1, 0.15) is 71.6 Å². The largest absolute Gasteiger partial charge is 0.458 e. The van der Waals surface area contributed by atoms with E-state index in [2.05, 4.69) is 13.8 Å². The molecule has 10 nitrogen and oxygen atoms in total. The van der Waals surface area contributed by atoms with Crippen molar-refractivity contribution in [2.45, 2.75) is 120 Å². The van der Waals surface area contributed by atoms with Gasteiger partial charge in [0.2, 0.25) is 0 Å². The van der Waals surface area contributed by atoms with E-state index in [0.29, 0.717) is 45.1 Å². The highest BCUT2D eigenvalue weighted by molar-refractivity contribution is 5.85. The second-order valence-corrected chi connectivity index (χ2v) is 13.7. The first-order chi connectivity index (χ1) is 18.4. The van der Waals surface area contributed by atoms with E-state index in [1.54, 1.807) is 6.08 Å². The number of esters is 1. The Morgan fingerprint density at radius 3 is 2.33 bits per heavy atom. The minimum atomic E-state index is -1.51. The van der Waals surface area contributed by atoms with Gasteiger partial charge in [0.25, 0.3) is 0 Å². The lowest BCUT2D eigenvalue weighted by atomic mass is 9.42. The predicted octanol–water partition coefficient (Wildman–Crippen LogP) is 0.543. The normalized spacial score (nSPS) is 55.3.